The van der Waals surface area contributed by atoms with Crippen LogP contribution in [0.1, 0.15) is 40.0 Å². The summed E-state index contributed by atoms with van der Waals surface area (Å²) in [6, 6.07) is 0. The van der Waals surface area contributed by atoms with Gasteiger partial charge < -0.3 is 0 Å². The Morgan fingerprint density at radius 2 is 2.20 bits per heavy atom. The summed E-state index contributed by atoms with van der Waals surface area (Å²) < 4.78 is 0. The molecule has 82 valence electrons. The minimum atomic E-state index is 0.634. The first kappa shape index (κ1) is 12.0. The summed E-state index contributed by atoms with van der Waals surface area (Å²) in [4.78, 5) is 4.36. The van der Waals surface area contributed by atoms with Gasteiger partial charge >= 0.3 is 0 Å². The van der Waals surface area contributed by atoms with E-state index < -0.39 is 0 Å². The van der Waals surface area contributed by atoms with Gasteiger partial charge in [-0.1, -0.05) is 38.5 Å². The van der Waals surface area contributed by atoms with Crippen LogP contribution in [0.25, 0.3) is 0 Å². The highest BCUT2D eigenvalue weighted by atomic mass is 14.7. The van der Waals surface area contributed by atoms with Gasteiger partial charge in [-0.3, -0.25) is 4.99 Å². The van der Waals surface area contributed by atoms with E-state index in [1.54, 1.807) is 0 Å². The number of hydrogen-bond donors (Lipinski definition) is 0. The van der Waals surface area contributed by atoms with Gasteiger partial charge in [0.05, 0.1) is 0 Å². The van der Waals surface area contributed by atoms with Gasteiger partial charge in [-0.25, -0.2) is 0 Å². The average Bonchev–Trinajstić information content (AvgIpc) is 2.30. The monoisotopic (exact) mass is 203 g/mol. The highest BCUT2D eigenvalue weighted by molar-refractivity contribution is 5.94. The average molecular weight is 203 g/mol. The molecule has 0 saturated carbocycles. The molecule has 0 aromatic heterocycles. The van der Waals surface area contributed by atoms with E-state index in [-0.39, 0.29) is 0 Å². The second-order valence-corrected chi connectivity index (χ2v) is 4.13. The molecule has 1 heterocycles. The minimum Gasteiger partial charge on any atom is -0.262 e. The van der Waals surface area contributed by atoms with Crippen molar-refractivity contribution in [3.63, 3.8) is 0 Å². The lowest BCUT2D eigenvalue weighted by molar-refractivity contribution is 0.613. The quantitative estimate of drug-likeness (QED) is 0.649. The van der Waals surface area contributed by atoms with Crippen LogP contribution in [0.5, 0.6) is 0 Å². The number of nitrogens with zero attached hydrogens (tertiary/aromatic N) is 1. The van der Waals surface area contributed by atoms with Crippen LogP contribution >= 0.6 is 0 Å². The van der Waals surface area contributed by atoms with Crippen molar-refractivity contribution in [1.82, 2.24) is 0 Å². The van der Waals surface area contributed by atoms with E-state index in [2.05, 4.69) is 50.1 Å². The summed E-state index contributed by atoms with van der Waals surface area (Å²) >= 11 is 0. The maximum absolute atomic E-state index is 4.36. The summed E-state index contributed by atoms with van der Waals surface area (Å²) in [5.41, 5.74) is 2.50. The van der Waals surface area contributed by atoms with Crippen molar-refractivity contribution < 1.29 is 0 Å². The fourth-order valence-electron chi connectivity index (χ4n) is 1.75. The molecule has 0 radical (unpaired) electrons. The van der Waals surface area contributed by atoms with Crippen LogP contribution in [0.15, 0.2) is 41.1 Å². The summed E-state index contributed by atoms with van der Waals surface area (Å²) in [5, 5.41) is 0. The first-order valence-corrected chi connectivity index (χ1v) is 5.81. The number of allylic oxidation sites excluding steroid dienone is 5. The molecule has 15 heavy (non-hydrogen) atoms. The predicted octanol–water partition coefficient (Wildman–Crippen LogP) is 4.28. The van der Waals surface area contributed by atoms with Gasteiger partial charge in [0.25, 0.3) is 0 Å². The number of rotatable bonds is 3. The molecular formula is C14H21N. The van der Waals surface area contributed by atoms with E-state index >= 15 is 0 Å². The van der Waals surface area contributed by atoms with Crippen LogP contribution < -0.4 is 0 Å². The van der Waals surface area contributed by atoms with Crippen molar-refractivity contribution >= 4 is 5.71 Å². The second kappa shape index (κ2) is 6.39. The number of aliphatic imine (C=N–C) groups is 1. The van der Waals surface area contributed by atoms with Crippen LogP contribution in [0.2, 0.25) is 0 Å². The summed E-state index contributed by atoms with van der Waals surface area (Å²) in [6.45, 7) is 6.58. The molecule has 0 aromatic rings. The lowest BCUT2D eigenvalue weighted by Crippen LogP contribution is -1.99. The van der Waals surface area contributed by atoms with E-state index in [0.29, 0.717) is 5.92 Å². The molecule has 1 rings (SSSR count). The maximum atomic E-state index is 4.36. The molecule has 1 atom stereocenters. The lowest BCUT2D eigenvalue weighted by atomic mass is 9.94. The third-order valence-electron chi connectivity index (χ3n) is 2.63. The van der Waals surface area contributed by atoms with Crippen LogP contribution in [-0.2, 0) is 0 Å². The van der Waals surface area contributed by atoms with E-state index in [9.17, 15) is 0 Å². The Balaban J connectivity index is 2.84. The topological polar surface area (TPSA) is 12.4 Å². The van der Waals surface area contributed by atoms with Crippen molar-refractivity contribution in [2.45, 2.75) is 40.0 Å². The molecule has 0 spiro atoms. The van der Waals surface area contributed by atoms with E-state index in [1.165, 1.54) is 18.4 Å². The van der Waals surface area contributed by atoms with Crippen LogP contribution in [0.3, 0.4) is 0 Å². The van der Waals surface area contributed by atoms with Crippen molar-refractivity contribution in [2.75, 3.05) is 0 Å². The van der Waals surface area contributed by atoms with Gasteiger partial charge in [0, 0.05) is 11.9 Å². The Labute approximate surface area is 93.3 Å². The largest absolute Gasteiger partial charge is 0.262 e. The van der Waals surface area contributed by atoms with Gasteiger partial charge in [0.1, 0.15) is 0 Å². The molecule has 0 amide bonds. The Hall–Kier alpha value is -1.11. The molecule has 0 aliphatic carbocycles. The Bertz CT molecular complexity index is 305. The molecule has 0 fully saturated rings. The van der Waals surface area contributed by atoms with E-state index in [1.807, 2.05) is 6.20 Å². The zero-order valence-corrected chi connectivity index (χ0v) is 10.0. The zero-order valence-electron chi connectivity index (χ0n) is 10.0. The van der Waals surface area contributed by atoms with Gasteiger partial charge in [0.2, 0.25) is 0 Å². The maximum Gasteiger partial charge on any atom is 0.0375 e. The highest BCUT2D eigenvalue weighted by Gasteiger charge is 2.05. The summed E-state index contributed by atoms with van der Waals surface area (Å²) in [6.07, 6.45) is 14.1. The van der Waals surface area contributed by atoms with Gasteiger partial charge in [-0.15, -0.1) is 0 Å². The highest BCUT2D eigenvalue weighted by Crippen LogP contribution is 2.18. The van der Waals surface area contributed by atoms with Gasteiger partial charge in [0.15, 0.2) is 0 Å². The van der Waals surface area contributed by atoms with Crippen molar-refractivity contribution in [3.05, 3.63) is 36.1 Å². The minimum absolute atomic E-state index is 0.634. The normalized spacial score (nSPS) is 20.7. The predicted molar refractivity (Wildman–Crippen MR) is 68.2 cm³/mol. The molecule has 1 unspecified atom stereocenters. The molecular weight excluding hydrogens is 182 g/mol. The van der Waals surface area contributed by atoms with Gasteiger partial charge in [-0.2, -0.15) is 0 Å². The summed E-state index contributed by atoms with van der Waals surface area (Å²) in [5.74, 6) is 0.634. The van der Waals surface area contributed by atoms with Gasteiger partial charge in [-0.05, 0) is 37.3 Å². The van der Waals surface area contributed by atoms with Crippen LogP contribution in [0, 0.1) is 5.92 Å². The Morgan fingerprint density at radius 3 is 2.93 bits per heavy atom. The molecule has 0 N–H and O–H groups in total. The molecule has 0 bridgehead atoms. The smallest absolute Gasteiger partial charge is 0.0375 e. The van der Waals surface area contributed by atoms with Crippen LogP contribution in [-0.4, -0.2) is 5.71 Å². The Kier molecular flexibility index (Phi) is 5.09. The van der Waals surface area contributed by atoms with E-state index in [4.69, 9.17) is 0 Å². The van der Waals surface area contributed by atoms with Crippen molar-refractivity contribution in [3.8, 4) is 0 Å². The summed E-state index contributed by atoms with van der Waals surface area (Å²) in [7, 11) is 0. The fraction of sp³-hybridized carbons (Fsp3) is 0.500. The molecule has 1 nitrogen and oxygen atoms in total. The first-order valence-electron chi connectivity index (χ1n) is 5.81. The van der Waals surface area contributed by atoms with Crippen molar-refractivity contribution in [2.24, 2.45) is 10.9 Å². The van der Waals surface area contributed by atoms with Crippen LogP contribution in [0.4, 0.5) is 0 Å². The first-order chi connectivity index (χ1) is 7.24. The Morgan fingerprint density at radius 1 is 1.40 bits per heavy atom. The molecule has 0 saturated heterocycles. The lowest BCUT2D eigenvalue weighted by Gasteiger charge is -2.11. The number of hydrogen-bond acceptors (Lipinski definition) is 1. The molecule has 1 aliphatic heterocycles. The molecule has 0 aromatic carbocycles. The second-order valence-electron chi connectivity index (χ2n) is 4.13. The third kappa shape index (κ3) is 4.28. The molecule has 1 aliphatic rings. The third-order valence-corrected chi connectivity index (χ3v) is 2.63. The zero-order chi connectivity index (χ0) is 11.1. The van der Waals surface area contributed by atoms with Crippen molar-refractivity contribution in [1.29, 1.82) is 0 Å². The fourth-order valence-corrected chi connectivity index (χ4v) is 1.75. The van der Waals surface area contributed by atoms with E-state index in [0.717, 1.165) is 12.1 Å². The SMILES string of the molecule is CCCC(C)C1=CC(C)=N/C=C\CC=C1. The standard InChI is InChI=1S/C14H21N/c1-4-8-12(2)14-9-6-5-7-10-15-13(3)11-14/h6-7,9-12H,4-5,8H2,1-3H3/b9-6?,10-7-,14-11?,15-13?. The molecule has 1 heteroatoms.